The number of sulfonamides is 1. The van der Waals surface area contributed by atoms with Gasteiger partial charge in [-0.1, -0.05) is 42.8 Å². The van der Waals surface area contributed by atoms with Gasteiger partial charge in [0.15, 0.2) is 0 Å². The summed E-state index contributed by atoms with van der Waals surface area (Å²) in [6.45, 7) is 3.08. The Kier molecular flexibility index (Phi) is 7.76. The molecule has 0 aliphatic heterocycles. The Morgan fingerprint density at radius 2 is 1.92 bits per heavy atom. The number of carbonyl (C=O) groups is 1. The lowest BCUT2D eigenvalue weighted by Gasteiger charge is -2.17. The number of fused-ring (bicyclic) bond motifs is 1. The fraction of sp³-hybridized carbons (Fsp3) is 0.389. The summed E-state index contributed by atoms with van der Waals surface area (Å²) in [5.74, 6) is 0.204. The first-order valence-corrected chi connectivity index (χ1v) is 11.6. The van der Waals surface area contributed by atoms with E-state index in [0.717, 1.165) is 15.7 Å². The van der Waals surface area contributed by atoms with Crippen LogP contribution in [0.4, 0.5) is 0 Å². The van der Waals surface area contributed by atoms with Crippen molar-refractivity contribution in [2.24, 2.45) is 0 Å². The number of benzene rings is 2. The fourth-order valence-corrected chi connectivity index (χ4v) is 4.82. The molecule has 0 unspecified atom stereocenters. The topological polar surface area (TPSA) is 66.5 Å². The van der Waals surface area contributed by atoms with E-state index in [1.54, 1.807) is 6.92 Å². The van der Waals surface area contributed by atoms with E-state index in [2.05, 4.69) is 5.32 Å². The highest BCUT2D eigenvalue weighted by atomic mass is 35.5. The number of hydrogen-bond acceptors (Lipinski definition) is 4. The van der Waals surface area contributed by atoms with E-state index in [4.69, 9.17) is 11.6 Å². The molecule has 0 aliphatic carbocycles. The van der Waals surface area contributed by atoms with Crippen LogP contribution in [0.5, 0.6) is 0 Å². The second-order valence-electron chi connectivity index (χ2n) is 5.84. The number of nitrogens with one attached hydrogen (secondary N) is 1. The van der Waals surface area contributed by atoms with E-state index in [9.17, 15) is 13.2 Å². The molecule has 8 heteroatoms. The van der Waals surface area contributed by atoms with Crippen molar-refractivity contribution in [1.82, 2.24) is 9.62 Å². The highest BCUT2D eigenvalue weighted by molar-refractivity contribution is 8.00. The molecule has 0 atom stereocenters. The van der Waals surface area contributed by atoms with Crippen molar-refractivity contribution in [3.05, 3.63) is 41.4 Å². The highest BCUT2D eigenvalue weighted by Gasteiger charge is 2.13. The monoisotopic (exact) mass is 414 g/mol. The van der Waals surface area contributed by atoms with Crippen LogP contribution in [0.2, 0.25) is 5.02 Å². The molecule has 2 aromatic rings. The maximum Gasteiger partial charge on any atom is 0.230 e. The number of halogens is 1. The number of rotatable bonds is 9. The lowest BCUT2D eigenvalue weighted by Crippen LogP contribution is -2.33. The predicted molar refractivity (Wildman–Crippen MR) is 109 cm³/mol. The Morgan fingerprint density at radius 1 is 1.23 bits per heavy atom. The van der Waals surface area contributed by atoms with Gasteiger partial charge in [-0.3, -0.25) is 4.79 Å². The summed E-state index contributed by atoms with van der Waals surface area (Å²) < 4.78 is 24.4. The Labute approximate surface area is 164 Å². The van der Waals surface area contributed by atoms with Crippen LogP contribution >= 0.6 is 23.4 Å². The first-order valence-electron chi connectivity index (χ1n) is 8.34. The molecule has 0 aliphatic rings. The average molecular weight is 415 g/mol. The van der Waals surface area contributed by atoms with Crippen molar-refractivity contribution in [2.75, 3.05) is 31.6 Å². The lowest BCUT2D eigenvalue weighted by atomic mass is 10.1. The number of amides is 1. The SMILES string of the molecule is CCN(CCCNC(=O)CSc1cccc2cccc(Cl)c12)S(C)(=O)=O. The molecular formula is C18H23ClN2O3S2. The molecule has 0 heterocycles. The molecule has 0 saturated heterocycles. The zero-order chi connectivity index (χ0) is 19.2. The molecule has 1 N–H and O–H groups in total. The van der Waals surface area contributed by atoms with Crippen molar-refractivity contribution in [1.29, 1.82) is 0 Å². The summed E-state index contributed by atoms with van der Waals surface area (Å²) in [5.41, 5.74) is 0. The zero-order valence-electron chi connectivity index (χ0n) is 14.9. The Hall–Kier alpha value is -1.28. The maximum absolute atomic E-state index is 12.1. The smallest absolute Gasteiger partial charge is 0.230 e. The third-order valence-corrected chi connectivity index (χ3v) is 6.65. The van der Waals surface area contributed by atoms with Crippen molar-refractivity contribution in [3.63, 3.8) is 0 Å². The zero-order valence-corrected chi connectivity index (χ0v) is 17.3. The maximum atomic E-state index is 12.1. The number of hydrogen-bond donors (Lipinski definition) is 1. The number of carbonyl (C=O) groups excluding carboxylic acids is 1. The molecule has 5 nitrogen and oxygen atoms in total. The Bertz CT molecular complexity index is 867. The standard InChI is InChI=1S/C18H23ClN2O3S2/c1-3-21(26(2,23)24)12-6-11-20-17(22)13-25-16-10-5-8-14-7-4-9-15(19)18(14)16/h4-5,7-10H,3,6,11-13H2,1-2H3,(H,20,22). The van der Waals surface area contributed by atoms with Gasteiger partial charge in [-0.2, -0.15) is 0 Å². The first kappa shape index (κ1) is 21.0. The van der Waals surface area contributed by atoms with Gasteiger partial charge >= 0.3 is 0 Å². The summed E-state index contributed by atoms with van der Waals surface area (Å²) in [6, 6.07) is 11.6. The summed E-state index contributed by atoms with van der Waals surface area (Å²) in [4.78, 5) is 13.0. The van der Waals surface area contributed by atoms with E-state index in [0.29, 0.717) is 31.1 Å². The number of thioether (sulfide) groups is 1. The lowest BCUT2D eigenvalue weighted by molar-refractivity contribution is -0.118. The quantitative estimate of drug-likeness (QED) is 0.504. The molecule has 0 bridgehead atoms. The van der Waals surface area contributed by atoms with Gasteiger partial charge in [0.25, 0.3) is 0 Å². The molecule has 0 saturated carbocycles. The fourth-order valence-electron chi connectivity index (χ4n) is 2.62. The minimum atomic E-state index is -3.18. The van der Waals surface area contributed by atoms with Crippen LogP contribution < -0.4 is 5.32 Å². The molecule has 0 spiro atoms. The molecule has 0 radical (unpaired) electrons. The first-order chi connectivity index (χ1) is 12.3. The van der Waals surface area contributed by atoms with Gasteiger partial charge in [-0.15, -0.1) is 11.8 Å². The van der Waals surface area contributed by atoms with Crippen LogP contribution in [-0.2, 0) is 14.8 Å². The van der Waals surface area contributed by atoms with E-state index in [1.165, 1.54) is 22.3 Å². The van der Waals surface area contributed by atoms with E-state index in [-0.39, 0.29) is 11.7 Å². The van der Waals surface area contributed by atoms with Crippen molar-refractivity contribution in [3.8, 4) is 0 Å². The summed E-state index contributed by atoms with van der Waals surface area (Å²) in [6.07, 6.45) is 1.78. The van der Waals surface area contributed by atoms with E-state index >= 15 is 0 Å². The van der Waals surface area contributed by atoms with E-state index in [1.807, 2.05) is 36.4 Å². The average Bonchev–Trinajstić information content (AvgIpc) is 2.59. The van der Waals surface area contributed by atoms with Crippen molar-refractivity contribution in [2.45, 2.75) is 18.2 Å². The van der Waals surface area contributed by atoms with Crippen LogP contribution in [0.25, 0.3) is 10.8 Å². The van der Waals surface area contributed by atoms with Crippen LogP contribution in [0, 0.1) is 0 Å². The molecule has 0 aromatic heterocycles. The minimum Gasteiger partial charge on any atom is -0.355 e. The van der Waals surface area contributed by atoms with Crippen molar-refractivity contribution >= 4 is 50.1 Å². The van der Waals surface area contributed by atoms with Gasteiger partial charge in [0.05, 0.1) is 12.0 Å². The highest BCUT2D eigenvalue weighted by Crippen LogP contribution is 2.32. The predicted octanol–water partition coefficient (Wildman–Crippen LogP) is 3.37. The molecule has 0 fully saturated rings. The largest absolute Gasteiger partial charge is 0.355 e. The normalized spacial score (nSPS) is 11.8. The molecule has 2 rings (SSSR count). The molecule has 26 heavy (non-hydrogen) atoms. The second kappa shape index (κ2) is 9.60. The number of nitrogens with zero attached hydrogens (tertiary/aromatic N) is 1. The second-order valence-corrected chi connectivity index (χ2v) is 9.25. The van der Waals surface area contributed by atoms with E-state index < -0.39 is 10.0 Å². The van der Waals surface area contributed by atoms with Gasteiger partial charge in [-0.05, 0) is 23.9 Å². The molecule has 2 aromatic carbocycles. The van der Waals surface area contributed by atoms with Gasteiger partial charge in [-0.25, -0.2) is 12.7 Å². The van der Waals surface area contributed by atoms with Crippen LogP contribution in [-0.4, -0.2) is 50.3 Å². The minimum absolute atomic E-state index is 0.0820. The summed E-state index contributed by atoms with van der Waals surface area (Å²) in [5, 5.41) is 5.51. The molecule has 142 valence electrons. The summed E-state index contributed by atoms with van der Waals surface area (Å²) >= 11 is 7.73. The van der Waals surface area contributed by atoms with Gasteiger partial charge < -0.3 is 5.32 Å². The Morgan fingerprint density at radius 3 is 2.58 bits per heavy atom. The molecule has 1 amide bonds. The van der Waals surface area contributed by atoms with Crippen LogP contribution in [0.3, 0.4) is 0 Å². The molecular weight excluding hydrogens is 392 g/mol. The van der Waals surface area contributed by atoms with Gasteiger partial charge in [0.2, 0.25) is 15.9 Å². The van der Waals surface area contributed by atoms with Crippen LogP contribution in [0.15, 0.2) is 41.3 Å². The van der Waals surface area contributed by atoms with Crippen LogP contribution in [0.1, 0.15) is 13.3 Å². The van der Waals surface area contributed by atoms with Gasteiger partial charge in [0.1, 0.15) is 0 Å². The Balaban J connectivity index is 1.83. The van der Waals surface area contributed by atoms with Gasteiger partial charge in [0, 0.05) is 34.9 Å². The summed E-state index contributed by atoms with van der Waals surface area (Å²) in [7, 11) is -3.18. The third-order valence-electron chi connectivity index (χ3n) is 3.90. The van der Waals surface area contributed by atoms with Crippen molar-refractivity contribution < 1.29 is 13.2 Å². The third kappa shape index (κ3) is 5.87.